The molecule has 3 N–H and O–H groups in total. The average molecular weight is 277 g/mol. The van der Waals surface area contributed by atoms with Crippen molar-refractivity contribution in [1.82, 2.24) is 20.5 Å². The Hall–Kier alpha value is -1.03. The third-order valence-corrected chi connectivity index (χ3v) is 3.43. The molecule has 0 saturated carbocycles. The van der Waals surface area contributed by atoms with Gasteiger partial charge in [-0.2, -0.15) is 13.9 Å². The van der Waals surface area contributed by atoms with Crippen molar-refractivity contribution in [3.8, 4) is 0 Å². The van der Waals surface area contributed by atoms with Crippen molar-refractivity contribution in [2.45, 2.75) is 18.9 Å². The van der Waals surface area contributed by atoms with Crippen molar-refractivity contribution in [3.63, 3.8) is 0 Å². The lowest BCUT2D eigenvalue weighted by Gasteiger charge is -2.29. The minimum absolute atomic E-state index is 0.00513. The highest BCUT2D eigenvalue weighted by Crippen LogP contribution is 2.18. The van der Waals surface area contributed by atoms with Crippen molar-refractivity contribution in [2.24, 2.45) is 7.05 Å². The summed E-state index contributed by atoms with van der Waals surface area (Å²) < 4.78 is 36.1. The van der Waals surface area contributed by atoms with Crippen LogP contribution in [-0.4, -0.2) is 37.7 Å². The highest BCUT2D eigenvalue weighted by atomic mass is 32.2. The number of anilines is 1. The predicted octanol–water partition coefficient (Wildman–Crippen LogP) is -0.241. The lowest BCUT2D eigenvalue weighted by atomic mass is 10.1. The first-order valence-corrected chi connectivity index (χ1v) is 6.71. The van der Waals surface area contributed by atoms with E-state index < -0.39 is 17.2 Å². The fraction of sp³-hybridized carbons (Fsp3) is 0.667. The van der Waals surface area contributed by atoms with Crippen molar-refractivity contribution in [1.29, 1.82) is 0 Å². The third kappa shape index (κ3) is 2.86. The summed E-state index contributed by atoms with van der Waals surface area (Å²) in [6.07, 6.45) is 3.05. The Bertz CT molecular complexity index is 435. The first kappa shape index (κ1) is 13.4. The number of hydrogen-bond acceptors (Lipinski definition) is 4. The lowest BCUT2D eigenvalue weighted by Crippen LogP contribution is -2.52. The number of aryl methyl sites for hydroxylation is 1. The predicted molar refractivity (Wildman–Crippen MR) is 65.4 cm³/mol. The molecule has 0 bridgehead atoms. The van der Waals surface area contributed by atoms with Crippen LogP contribution < -0.4 is 15.2 Å². The largest absolute Gasteiger partial charge is 0.315 e. The van der Waals surface area contributed by atoms with Gasteiger partial charge in [-0.1, -0.05) is 0 Å². The van der Waals surface area contributed by atoms with Gasteiger partial charge in [-0.25, -0.2) is 14.3 Å². The van der Waals surface area contributed by atoms with Crippen LogP contribution in [-0.2, 0) is 18.3 Å². The van der Waals surface area contributed by atoms with E-state index in [0.29, 0.717) is 6.54 Å². The number of aromatic nitrogens is 2. The van der Waals surface area contributed by atoms with Crippen LogP contribution in [0.3, 0.4) is 0 Å². The number of rotatable bonds is 4. The van der Waals surface area contributed by atoms with Crippen molar-refractivity contribution in [3.05, 3.63) is 12.1 Å². The van der Waals surface area contributed by atoms with Crippen LogP contribution in [0.2, 0.25) is 0 Å². The number of nitrogens with zero attached hydrogens (tertiary/aromatic N) is 3. The highest BCUT2D eigenvalue weighted by Gasteiger charge is 2.24. The Morgan fingerprint density at radius 2 is 2.56 bits per heavy atom. The molecule has 1 aliphatic rings. The first-order chi connectivity index (χ1) is 8.59. The normalized spacial score (nSPS) is 21.8. The number of hydrogen-bond donors (Lipinski definition) is 3. The molecule has 1 aromatic heterocycles. The van der Waals surface area contributed by atoms with Gasteiger partial charge in [-0.3, -0.25) is 4.55 Å². The van der Waals surface area contributed by atoms with E-state index in [1.165, 1.54) is 13.2 Å². The third-order valence-electron chi connectivity index (χ3n) is 2.82. The fourth-order valence-electron chi connectivity index (χ4n) is 1.87. The van der Waals surface area contributed by atoms with Crippen molar-refractivity contribution in [2.75, 3.05) is 17.5 Å². The molecule has 2 atom stereocenters. The van der Waals surface area contributed by atoms with Crippen LogP contribution in [0.1, 0.15) is 12.8 Å². The molecule has 0 aliphatic carbocycles. The zero-order valence-corrected chi connectivity index (χ0v) is 10.8. The van der Waals surface area contributed by atoms with Crippen molar-refractivity contribution < 1.29 is 13.2 Å². The quantitative estimate of drug-likeness (QED) is 0.522. The Morgan fingerprint density at radius 1 is 1.78 bits per heavy atom. The van der Waals surface area contributed by atoms with E-state index in [4.69, 9.17) is 0 Å². The maximum atomic E-state index is 13.7. The van der Waals surface area contributed by atoms with Gasteiger partial charge in [0.25, 0.3) is 11.3 Å². The Balaban J connectivity index is 2.13. The van der Waals surface area contributed by atoms with Gasteiger partial charge in [-0.05, 0) is 19.4 Å². The molecule has 0 spiro atoms. The van der Waals surface area contributed by atoms with Crippen LogP contribution in [0.4, 0.5) is 10.1 Å². The molecule has 0 aromatic carbocycles. The topological polar surface area (TPSA) is 82.4 Å². The summed E-state index contributed by atoms with van der Waals surface area (Å²) in [5, 5.41) is 6.88. The van der Waals surface area contributed by atoms with E-state index in [-0.39, 0.29) is 11.7 Å². The first-order valence-electron chi connectivity index (χ1n) is 5.65. The molecule has 18 heavy (non-hydrogen) atoms. The van der Waals surface area contributed by atoms with E-state index in [9.17, 15) is 13.2 Å². The summed E-state index contributed by atoms with van der Waals surface area (Å²) in [7, 11) is 1.43. The van der Waals surface area contributed by atoms with Gasteiger partial charge in [-0.15, -0.1) is 0 Å². The summed E-state index contributed by atoms with van der Waals surface area (Å²) >= 11 is -2.35. The number of nitrogens with one attached hydrogen (secondary N) is 2. The van der Waals surface area contributed by atoms with Crippen LogP contribution >= 0.6 is 0 Å². The van der Waals surface area contributed by atoms with Crippen molar-refractivity contribution >= 4 is 17.0 Å². The number of halogens is 1. The van der Waals surface area contributed by atoms with Crippen LogP contribution in [0.15, 0.2) is 6.20 Å². The van der Waals surface area contributed by atoms with Gasteiger partial charge in [0.2, 0.25) is 5.95 Å². The van der Waals surface area contributed by atoms with Gasteiger partial charge in [0.05, 0.1) is 6.20 Å². The second kappa shape index (κ2) is 5.74. The molecule has 1 aromatic rings. The fourth-order valence-corrected chi connectivity index (χ4v) is 2.40. The average Bonchev–Trinajstić information content (AvgIpc) is 2.68. The van der Waals surface area contributed by atoms with E-state index in [2.05, 4.69) is 15.8 Å². The van der Waals surface area contributed by atoms with Crippen LogP contribution in [0, 0.1) is 5.95 Å². The zero-order valence-electron chi connectivity index (χ0n) is 9.97. The Labute approximate surface area is 107 Å². The van der Waals surface area contributed by atoms with Gasteiger partial charge in [0.15, 0.2) is 0 Å². The molecule has 1 saturated heterocycles. The van der Waals surface area contributed by atoms with E-state index in [0.717, 1.165) is 28.5 Å². The molecular formula is C9H16FN5O2S. The molecule has 7 nitrogen and oxygen atoms in total. The van der Waals surface area contributed by atoms with Gasteiger partial charge in [0.1, 0.15) is 5.69 Å². The molecule has 2 unspecified atom stereocenters. The minimum atomic E-state index is -2.35. The Kier molecular flexibility index (Phi) is 4.27. The summed E-state index contributed by atoms with van der Waals surface area (Å²) in [6, 6.07) is -0.00513. The molecular weight excluding hydrogens is 261 g/mol. The van der Waals surface area contributed by atoms with Gasteiger partial charge < -0.3 is 5.32 Å². The lowest BCUT2D eigenvalue weighted by molar-refractivity contribution is 0.391. The molecule has 9 heteroatoms. The van der Waals surface area contributed by atoms with E-state index in [1.54, 1.807) is 0 Å². The molecule has 1 aliphatic heterocycles. The second-order valence-electron chi connectivity index (χ2n) is 4.14. The number of piperidine rings is 1. The molecule has 0 amide bonds. The van der Waals surface area contributed by atoms with Crippen LogP contribution in [0.25, 0.3) is 0 Å². The smallest absolute Gasteiger partial charge is 0.277 e. The summed E-state index contributed by atoms with van der Waals surface area (Å²) in [5.41, 5.74) is 2.82. The zero-order chi connectivity index (χ0) is 13.1. The Morgan fingerprint density at radius 3 is 3.06 bits per heavy atom. The summed E-state index contributed by atoms with van der Waals surface area (Å²) in [4.78, 5) is 0. The molecule has 1 fully saturated rings. The summed E-state index contributed by atoms with van der Waals surface area (Å²) in [6.45, 7) is 1.61. The standard InChI is InChI=1S/C9H16FN5O2S/c1-14-9(10)8(6-12-14)15(18(16)17)13-7-3-2-4-11-5-7/h6-7,11,13H,2-5H2,1H3,(H,16,17). The maximum Gasteiger partial charge on any atom is 0.277 e. The molecule has 102 valence electrons. The molecule has 0 radical (unpaired) electrons. The minimum Gasteiger partial charge on any atom is -0.315 e. The maximum absolute atomic E-state index is 13.7. The number of hydrazine groups is 1. The van der Waals surface area contributed by atoms with E-state index in [1.807, 2.05) is 0 Å². The summed E-state index contributed by atoms with van der Waals surface area (Å²) in [5.74, 6) is -0.659. The van der Waals surface area contributed by atoms with Gasteiger partial charge >= 0.3 is 0 Å². The molecule has 2 heterocycles. The van der Waals surface area contributed by atoms with Gasteiger partial charge in [0, 0.05) is 19.6 Å². The second-order valence-corrected chi connectivity index (χ2v) is 4.97. The van der Waals surface area contributed by atoms with Crippen LogP contribution in [0.5, 0.6) is 0 Å². The molecule has 2 rings (SSSR count). The van der Waals surface area contributed by atoms with E-state index >= 15 is 0 Å². The SMILES string of the molecule is Cn1ncc(N(NC2CCCNC2)S(=O)O)c1F. The highest BCUT2D eigenvalue weighted by molar-refractivity contribution is 7.80. The monoisotopic (exact) mass is 277 g/mol.